The van der Waals surface area contributed by atoms with Gasteiger partial charge in [-0.05, 0) is 47.3 Å². The predicted octanol–water partition coefficient (Wildman–Crippen LogP) is 4.74. The summed E-state index contributed by atoms with van der Waals surface area (Å²) in [4.78, 5) is 21.1. The maximum atomic E-state index is 13.7. The summed E-state index contributed by atoms with van der Waals surface area (Å²) < 4.78 is 24.4. The van der Waals surface area contributed by atoms with Crippen LogP contribution in [0.2, 0.25) is 0 Å². The molecule has 8 heteroatoms. The molecule has 2 aromatic carbocycles. The van der Waals surface area contributed by atoms with Crippen molar-refractivity contribution in [1.82, 2.24) is 4.90 Å². The fraction of sp³-hybridized carbons (Fsp3) is 0.250. The first kappa shape index (κ1) is 21.8. The van der Waals surface area contributed by atoms with E-state index in [4.69, 9.17) is 14.3 Å². The molecule has 2 heterocycles. The molecule has 0 unspecified atom stereocenters. The fourth-order valence-electron chi connectivity index (χ4n) is 3.59. The van der Waals surface area contributed by atoms with E-state index in [-0.39, 0.29) is 24.4 Å². The summed E-state index contributed by atoms with van der Waals surface area (Å²) in [5.41, 5.74) is 2.35. The third-order valence-electron chi connectivity index (χ3n) is 5.16. The predicted molar refractivity (Wildman–Crippen MR) is 121 cm³/mol. The lowest BCUT2D eigenvalue weighted by atomic mass is 10.0. The number of rotatable bonds is 8. The van der Waals surface area contributed by atoms with Crippen LogP contribution in [-0.2, 0) is 11.4 Å². The van der Waals surface area contributed by atoms with Gasteiger partial charge in [0.05, 0.1) is 31.4 Å². The lowest BCUT2D eigenvalue weighted by Crippen LogP contribution is -2.37. The van der Waals surface area contributed by atoms with Gasteiger partial charge in [-0.15, -0.1) is 11.3 Å². The molecule has 6 nitrogen and oxygen atoms in total. The van der Waals surface area contributed by atoms with E-state index in [0.717, 1.165) is 11.3 Å². The normalized spacial score (nSPS) is 15.1. The van der Waals surface area contributed by atoms with E-state index in [1.165, 1.54) is 23.5 Å². The molecule has 32 heavy (non-hydrogen) atoms. The van der Waals surface area contributed by atoms with Crippen LogP contribution in [0.5, 0.6) is 11.5 Å². The molecule has 0 N–H and O–H groups in total. The van der Waals surface area contributed by atoms with Crippen molar-refractivity contribution in [3.63, 3.8) is 0 Å². The lowest BCUT2D eigenvalue weighted by Gasteiger charge is -2.24. The van der Waals surface area contributed by atoms with E-state index in [2.05, 4.69) is 5.16 Å². The van der Waals surface area contributed by atoms with Crippen LogP contribution in [0.25, 0.3) is 0 Å². The van der Waals surface area contributed by atoms with E-state index in [9.17, 15) is 9.18 Å². The van der Waals surface area contributed by atoms with E-state index >= 15 is 0 Å². The molecule has 166 valence electrons. The number of amides is 1. The number of benzene rings is 2. The first-order valence-electron chi connectivity index (χ1n) is 10.1. The topological polar surface area (TPSA) is 60.4 Å². The highest BCUT2D eigenvalue weighted by Gasteiger charge is 2.28. The minimum atomic E-state index is -0.331. The SMILES string of the molecule is COc1ccc(C2=NO[C@H](CN(Cc3cccc(F)c3)C(=O)c3cccs3)C2)cc1OC. The van der Waals surface area contributed by atoms with Crippen molar-refractivity contribution in [2.45, 2.75) is 19.1 Å². The average Bonchev–Trinajstić information content (AvgIpc) is 3.50. The summed E-state index contributed by atoms with van der Waals surface area (Å²) in [5, 5.41) is 6.10. The van der Waals surface area contributed by atoms with Gasteiger partial charge in [0.15, 0.2) is 17.6 Å². The van der Waals surface area contributed by atoms with Crippen molar-refractivity contribution in [2.24, 2.45) is 5.16 Å². The minimum Gasteiger partial charge on any atom is -0.493 e. The van der Waals surface area contributed by atoms with Crippen molar-refractivity contribution >= 4 is 23.0 Å². The highest BCUT2D eigenvalue weighted by molar-refractivity contribution is 7.12. The summed E-state index contributed by atoms with van der Waals surface area (Å²) >= 11 is 1.38. The molecule has 0 aliphatic carbocycles. The van der Waals surface area contributed by atoms with Crippen LogP contribution in [0, 0.1) is 5.82 Å². The van der Waals surface area contributed by atoms with E-state index in [1.807, 2.05) is 29.6 Å². The molecular weight excluding hydrogens is 431 g/mol. The molecule has 4 rings (SSSR count). The van der Waals surface area contributed by atoms with Crippen LogP contribution in [0.4, 0.5) is 4.39 Å². The van der Waals surface area contributed by atoms with Crippen LogP contribution in [0.1, 0.15) is 27.2 Å². The quantitative estimate of drug-likeness (QED) is 0.493. The van der Waals surface area contributed by atoms with E-state index in [0.29, 0.717) is 34.9 Å². The molecule has 1 aliphatic rings. The van der Waals surface area contributed by atoms with Gasteiger partial charge in [-0.2, -0.15) is 0 Å². The van der Waals surface area contributed by atoms with Crippen molar-refractivity contribution in [3.05, 3.63) is 81.8 Å². The summed E-state index contributed by atoms with van der Waals surface area (Å²) in [6, 6.07) is 15.5. The Morgan fingerprint density at radius 3 is 2.72 bits per heavy atom. The number of hydrogen-bond donors (Lipinski definition) is 0. The summed E-state index contributed by atoms with van der Waals surface area (Å²) in [6.07, 6.45) is 0.225. The molecule has 0 spiro atoms. The summed E-state index contributed by atoms with van der Waals surface area (Å²) in [7, 11) is 3.17. The first-order valence-corrected chi connectivity index (χ1v) is 11.0. The number of halogens is 1. The van der Waals surface area contributed by atoms with Crippen LogP contribution in [-0.4, -0.2) is 43.4 Å². The molecule has 0 fully saturated rings. The van der Waals surface area contributed by atoms with Gasteiger partial charge in [0.1, 0.15) is 5.82 Å². The van der Waals surface area contributed by atoms with Gasteiger partial charge in [0, 0.05) is 18.5 Å². The second kappa shape index (κ2) is 9.82. The van der Waals surface area contributed by atoms with E-state index in [1.54, 1.807) is 37.3 Å². The molecule has 0 saturated heterocycles. The number of methoxy groups -OCH3 is 2. The fourth-order valence-corrected chi connectivity index (χ4v) is 4.28. The average molecular weight is 455 g/mol. The number of nitrogens with zero attached hydrogens (tertiary/aromatic N) is 2. The number of hydrogen-bond acceptors (Lipinski definition) is 6. The van der Waals surface area contributed by atoms with Crippen molar-refractivity contribution in [1.29, 1.82) is 0 Å². The van der Waals surface area contributed by atoms with Gasteiger partial charge in [-0.25, -0.2) is 4.39 Å². The minimum absolute atomic E-state index is 0.118. The first-order chi connectivity index (χ1) is 15.6. The number of carbonyl (C=O) groups is 1. The van der Waals surface area contributed by atoms with Gasteiger partial charge in [-0.1, -0.05) is 23.4 Å². The molecule has 0 saturated carbocycles. The zero-order valence-electron chi connectivity index (χ0n) is 17.8. The molecule has 1 aliphatic heterocycles. The summed E-state index contributed by atoms with van der Waals surface area (Å²) in [5.74, 6) is 0.793. The smallest absolute Gasteiger partial charge is 0.264 e. The van der Waals surface area contributed by atoms with Crippen molar-refractivity contribution in [3.8, 4) is 11.5 Å². The molecular formula is C24H23FN2O4S. The standard InChI is InChI=1S/C24H23FN2O4S/c1-29-21-9-8-17(12-22(21)30-2)20-13-19(31-26-20)15-27(24(28)23-7-4-10-32-23)14-16-5-3-6-18(25)11-16/h3-12,19H,13-15H2,1-2H3/t19-/m0/s1. The highest BCUT2D eigenvalue weighted by Crippen LogP contribution is 2.30. The van der Waals surface area contributed by atoms with Crippen molar-refractivity contribution in [2.75, 3.05) is 20.8 Å². The van der Waals surface area contributed by atoms with Crippen LogP contribution in [0.3, 0.4) is 0 Å². The lowest BCUT2D eigenvalue weighted by molar-refractivity contribution is 0.0408. The maximum absolute atomic E-state index is 13.7. The van der Waals surface area contributed by atoms with Gasteiger partial charge in [-0.3, -0.25) is 4.79 Å². The Bertz CT molecular complexity index is 1120. The second-order valence-corrected chi connectivity index (χ2v) is 8.28. The number of oxime groups is 1. The second-order valence-electron chi connectivity index (χ2n) is 7.33. The number of carbonyl (C=O) groups excluding carboxylic acids is 1. The number of ether oxygens (including phenoxy) is 2. The highest BCUT2D eigenvalue weighted by atomic mass is 32.1. The van der Waals surface area contributed by atoms with Gasteiger partial charge < -0.3 is 19.2 Å². The monoisotopic (exact) mass is 454 g/mol. The van der Waals surface area contributed by atoms with E-state index < -0.39 is 0 Å². The molecule has 1 aromatic heterocycles. The van der Waals surface area contributed by atoms with Crippen LogP contribution < -0.4 is 9.47 Å². The van der Waals surface area contributed by atoms with Gasteiger partial charge >= 0.3 is 0 Å². The van der Waals surface area contributed by atoms with Crippen molar-refractivity contribution < 1.29 is 23.5 Å². The molecule has 1 atom stereocenters. The van der Waals surface area contributed by atoms with Crippen LogP contribution in [0.15, 0.2) is 65.1 Å². The van der Waals surface area contributed by atoms with Gasteiger partial charge in [0.2, 0.25) is 0 Å². The summed E-state index contributed by atoms with van der Waals surface area (Å²) in [6.45, 7) is 0.605. The third-order valence-corrected chi connectivity index (χ3v) is 6.01. The Morgan fingerprint density at radius 2 is 2.00 bits per heavy atom. The maximum Gasteiger partial charge on any atom is 0.264 e. The zero-order valence-corrected chi connectivity index (χ0v) is 18.6. The van der Waals surface area contributed by atoms with Crippen LogP contribution >= 0.6 is 11.3 Å². The molecule has 1 amide bonds. The third kappa shape index (κ3) is 4.91. The zero-order chi connectivity index (χ0) is 22.5. The molecule has 0 radical (unpaired) electrons. The Hall–Kier alpha value is -3.39. The van der Waals surface area contributed by atoms with Gasteiger partial charge in [0.25, 0.3) is 5.91 Å². The Kier molecular flexibility index (Phi) is 6.70. The molecule has 3 aromatic rings. The Morgan fingerprint density at radius 1 is 1.16 bits per heavy atom. The Balaban J connectivity index is 1.49. The Labute approximate surface area is 189 Å². The largest absolute Gasteiger partial charge is 0.493 e. The molecule has 0 bridgehead atoms. The number of thiophene rings is 1.